The molecule has 1 aliphatic rings. The van der Waals surface area contributed by atoms with Gasteiger partial charge >= 0.3 is 0 Å². The number of carbonyl (C=O) groups is 1. The SMILES string of the molecule is O=C(Cc1ccccc1F)c1cccc2c1OCCO2. The maximum atomic E-state index is 13.6. The van der Waals surface area contributed by atoms with Gasteiger partial charge in [-0.2, -0.15) is 0 Å². The Morgan fingerprint density at radius 1 is 1.05 bits per heavy atom. The Morgan fingerprint density at radius 2 is 1.85 bits per heavy atom. The fraction of sp³-hybridized carbons (Fsp3) is 0.188. The molecule has 1 aliphatic heterocycles. The molecule has 102 valence electrons. The third kappa shape index (κ3) is 2.37. The number of halogens is 1. The van der Waals surface area contributed by atoms with Crippen LogP contribution in [0.5, 0.6) is 11.5 Å². The summed E-state index contributed by atoms with van der Waals surface area (Å²) < 4.78 is 24.5. The molecule has 0 unspecified atom stereocenters. The van der Waals surface area contributed by atoms with Gasteiger partial charge in [-0.25, -0.2) is 4.39 Å². The summed E-state index contributed by atoms with van der Waals surface area (Å²) in [7, 11) is 0. The average molecular weight is 272 g/mol. The molecular formula is C16H13FO3. The molecule has 0 atom stereocenters. The molecule has 3 nitrogen and oxygen atoms in total. The number of carbonyl (C=O) groups excluding carboxylic acids is 1. The highest BCUT2D eigenvalue weighted by molar-refractivity contribution is 6.00. The fourth-order valence-electron chi connectivity index (χ4n) is 2.20. The Kier molecular flexibility index (Phi) is 3.37. The molecule has 4 heteroatoms. The van der Waals surface area contributed by atoms with Crippen LogP contribution >= 0.6 is 0 Å². The summed E-state index contributed by atoms with van der Waals surface area (Å²) in [6.45, 7) is 0.884. The molecule has 0 saturated heterocycles. The van der Waals surface area contributed by atoms with E-state index in [1.807, 2.05) is 0 Å². The van der Waals surface area contributed by atoms with Gasteiger partial charge < -0.3 is 9.47 Å². The summed E-state index contributed by atoms with van der Waals surface area (Å²) in [4.78, 5) is 12.3. The van der Waals surface area contributed by atoms with E-state index in [4.69, 9.17) is 9.47 Å². The average Bonchev–Trinajstić information content (AvgIpc) is 2.49. The largest absolute Gasteiger partial charge is 0.486 e. The first-order chi connectivity index (χ1) is 9.75. The first-order valence-electron chi connectivity index (χ1n) is 6.41. The Hall–Kier alpha value is -2.36. The Labute approximate surface area is 115 Å². The molecule has 3 rings (SSSR count). The van der Waals surface area contributed by atoms with Gasteiger partial charge in [0.1, 0.15) is 19.0 Å². The lowest BCUT2D eigenvalue weighted by Gasteiger charge is -2.20. The Balaban J connectivity index is 1.90. The summed E-state index contributed by atoms with van der Waals surface area (Å²) >= 11 is 0. The quantitative estimate of drug-likeness (QED) is 0.806. The molecule has 2 aromatic carbocycles. The van der Waals surface area contributed by atoms with Gasteiger partial charge in [-0.1, -0.05) is 24.3 Å². The van der Waals surface area contributed by atoms with Gasteiger partial charge in [-0.3, -0.25) is 4.79 Å². The van der Waals surface area contributed by atoms with Crippen molar-refractivity contribution in [1.82, 2.24) is 0 Å². The van der Waals surface area contributed by atoms with E-state index in [2.05, 4.69) is 0 Å². The third-order valence-corrected chi connectivity index (χ3v) is 3.18. The molecule has 2 aromatic rings. The van der Waals surface area contributed by atoms with Crippen molar-refractivity contribution in [1.29, 1.82) is 0 Å². The standard InChI is InChI=1S/C16H13FO3/c17-13-6-2-1-4-11(13)10-14(18)12-5-3-7-15-16(12)20-9-8-19-15/h1-7H,8-10H2. The van der Waals surface area contributed by atoms with Gasteiger partial charge in [0.15, 0.2) is 17.3 Å². The number of fused-ring (bicyclic) bond motifs is 1. The van der Waals surface area contributed by atoms with Crippen molar-refractivity contribution in [3.63, 3.8) is 0 Å². The van der Waals surface area contributed by atoms with Crippen LogP contribution in [-0.2, 0) is 6.42 Å². The predicted molar refractivity (Wildman–Crippen MR) is 71.9 cm³/mol. The zero-order valence-corrected chi connectivity index (χ0v) is 10.8. The maximum Gasteiger partial charge on any atom is 0.172 e. The van der Waals surface area contributed by atoms with Gasteiger partial charge in [0.05, 0.1) is 5.56 Å². The first kappa shape index (κ1) is 12.7. The Morgan fingerprint density at radius 3 is 2.70 bits per heavy atom. The second-order valence-corrected chi connectivity index (χ2v) is 4.52. The zero-order valence-electron chi connectivity index (χ0n) is 10.8. The summed E-state index contributed by atoms with van der Waals surface area (Å²) in [6, 6.07) is 11.5. The zero-order chi connectivity index (χ0) is 13.9. The van der Waals surface area contributed by atoms with Crippen LogP contribution in [0.15, 0.2) is 42.5 Å². The molecule has 0 aromatic heterocycles. The van der Waals surface area contributed by atoms with Crippen LogP contribution in [0.25, 0.3) is 0 Å². The molecule has 1 heterocycles. The van der Waals surface area contributed by atoms with E-state index >= 15 is 0 Å². The second kappa shape index (κ2) is 5.33. The molecular weight excluding hydrogens is 259 g/mol. The Bertz CT molecular complexity index is 652. The topological polar surface area (TPSA) is 35.5 Å². The number of ether oxygens (including phenoxy) is 2. The van der Waals surface area contributed by atoms with Gasteiger partial charge in [0.25, 0.3) is 0 Å². The molecule has 0 saturated carbocycles. The molecule has 0 radical (unpaired) electrons. The van der Waals surface area contributed by atoms with E-state index in [-0.39, 0.29) is 18.0 Å². The predicted octanol–water partition coefficient (Wildman–Crippen LogP) is 3.02. The van der Waals surface area contributed by atoms with Crippen molar-refractivity contribution in [2.75, 3.05) is 13.2 Å². The van der Waals surface area contributed by atoms with Crippen molar-refractivity contribution in [3.8, 4) is 11.5 Å². The van der Waals surface area contributed by atoms with Crippen LogP contribution in [-0.4, -0.2) is 19.0 Å². The van der Waals surface area contributed by atoms with Gasteiger partial charge in [-0.05, 0) is 23.8 Å². The smallest absolute Gasteiger partial charge is 0.172 e. The molecule has 0 aliphatic carbocycles. The first-order valence-corrected chi connectivity index (χ1v) is 6.41. The van der Waals surface area contributed by atoms with Crippen molar-refractivity contribution < 1.29 is 18.7 Å². The number of ketones is 1. The monoisotopic (exact) mass is 272 g/mol. The normalized spacial score (nSPS) is 13.1. The molecule has 0 N–H and O–H groups in total. The van der Waals surface area contributed by atoms with Crippen LogP contribution in [0.2, 0.25) is 0 Å². The number of Topliss-reactive ketones (excluding diaryl/α,β-unsaturated/α-hetero) is 1. The van der Waals surface area contributed by atoms with E-state index in [1.165, 1.54) is 6.07 Å². The third-order valence-electron chi connectivity index (χ3n) is 3.18. The highest BCUT2D eigenvalue weighted by atomic mass is 19.1. The minimum absolute atomic E-state index is 0.00644. The number of hydrogen-bond donors (Lipinski definition) is 0. The van der Waals surface area contributed by atoms with E-state index in [0.29, 0.717) is 35.8 Å². The number of para-hydroxylation sites is 1. The molecule has 0 amide bonds. The van der Waals surface area contributed by atoms with Gasteiger partial charge in [0, 0.05) is 6.42 Å². The molecule has 0 spiro atoms. The highest BCUT2D eigenvalue weighted by Crippen LogP contribution is 2.34. The fourth-order valence-corrected chi connectivity index (χ4v) is 2.20. The van der Waals surface area contributed by atoms with E-state index in [0.717, 1.165) is 0 Å². The van der Waals surface area contributed by atoms with Crippen molar-refractivity contribution in [2.24, 2.45) is 0 Å². The van der Waals surface area contributed by atoms with Crippen LogP contribution < -0.4 is 9.47 Å². The minimum Gasteiger partial charge on any atom is -0.486 e. The lowest BCUT2D eigenvalue weighted by molar-refractivity contribution is 0.0980. The van der Waals surface area contributed by atoms with Crippen molar-refractivity contribution in [3.05, 3.63) is 59.4 Å². The van der Waals surface area contributed by atoms with E-state index in [9.17, 15) is 9.18 Å². The minimum atomic E-state index is -0.372. The molecule has 0 fully saturated rings. The molecule has 20 heavy (non-hydrogen) atoms. The van der Waals surface area contributed by atoms with Gasteiger partial charge in [0.2, 0.25) is 0 Å². The highest BCUT2D eigenvalue weighted by Gasteiger charge is 2.20. The van der Waals surface area contributed by atoms with Crippen LogP contribution in [0, 0.1) is 5.82 Å². The van der Waals surface area contributed by atoms with Crippen LogP contribution in [0.3, 0.4) is 0 Å². The number of benzene rings is 2. The maximum absolute atomic E-state index is 13.6. The lowest BCUT2D eigenvalue weighted by Crippen LogP contribution is -2.18. The van der Waals surface area contributed by atoms with Crippen LogP contribution in [0.4, 0.5) is 4.39 Å². The molecule has 0 bridgehead atoms. The summed E-state index contributed by atoms with van der Waals surface area (Å²) in [5.74, 6) is 0.469. The summed E-state index contributed by atoms with van der Waals surface area (Å²) in [6.07, 6.45) is 0.00644. The van der Waals surface area contributed by atoms with Crippen LogP contribution in [0.1, 0.15) is 15.9 Å². The second-order valence-electron chi connectivity index (χ2n) is 4.52. The van der Waals surface area contributed by atoms with E-state index < -0.39 is 0 Å². The summed E-state index contributed by atoms with van der Waals surface area (Å²) in [5.41, 5.74) is 0.817. The number of hydrogen-bond acceptors (Lipinski definition) is 3. The van der Waals surface area contributed by atoms with E-state index in [1.54, 1.807) is 36.4 Å². The van der Waals surface area contributed by atoms with Crippen molar-refractivity contribution >= 4 is 5.78 Å². The number of rotatable bonds is 3. The lowest BCUT2D eigenvalue weighted by atomic mass is 10.0. The van der Waals surface area contributed by atoms with Crippen molar-refractivity contribution in [2.45, 2.75) is 6.42 Å². The van der Waals surface area contributed by atoms with Gasteiger partial charge in [-0.15, -0.1) is 0 Å². The summed E-state index contributed by atoms with van der Waals surface area (Å²) in [5, 5.41) is 0.